The number of methoxy groups -OCH3 is 2. The molecule has 0 radical (unpaired) electrons. The smallest absolute Gasteiger partial charge is 0.261 e. The van der Waals surface area contributed by atoms with Gasteiger partial charge in [0.25, 0.3) is 15.9 Å². The van der Waals surface area contributed by atoms with Crippen LogP contribution in [0, 0.1) is 0 Å². The summed E-state index contributed by atoms with van der Waals surface area (Å²) in [6.07, 6.45) is 0. The van der Waals surface area contributed by atoms with E-state index in [0.717, 1.165) is 11.3 Å². The van der Waals surface area contributed by atoms with Crippen molar-refractivity contribution in [3.05, 3.63) is 83.9 Å². The van der Waals surface area contributed by atoms with Gasteiger partial charge < -0.3 is 14.8 Å². The number of hydrogen-bond donors (Lipinski definition) is 2. The highest BCUT2D eigenvalue weighted by Gasteiger charge is 2.16. The number of ether oxygens (including phenoxy) is 2. The fraction of sp³-hybridized carbons (Fsp3) is 0.174. The summed E-state index contributed by atoms with van der Waals surface area (Å²) in [6, 6.07) is 19.5. The molecule has 3 rings (SSSR count). The first-order chi connectivity index (χ1) is 14.8. The lowest BCUT2D eigenvalue weighted by atomic mass is 10.1. The van der Waals surface area contributed by atoms with Crippen LogP contribution in [-0.4, -0.2) is 28.5 Å². The van der Waals surface area contributed by atoms with Gasteiger partial charge in [-0.1, -0.05) is 18.2 Å². The summed E-state index contributed by atoms with van der Waals surface area (Å²) in [5, 5.41) is 2.91. The zero-order chi connectivity index (χ0) is 22.4. The van der Waals surface area contributed by atoms with Crippen LogP contribution in [0.4, 0.5) is 5.69 Å². The summed E-state index contributed by atoms with van der Waals surface area (Å²) in [5.74, 6) is 0.983. The van der Waals surface area contributed by atoms with Crippen molar-refractivity contribution in [1.29, 1.82) is 0 Å². The summed E-state index contributed by atoms with van der Waals surface area (Å²) in [5.41, 5.74) is 1.56. The highest BCUT2D eigenvalue weighted by Crippen LogP contribution is 2.21. The number of rotatable bonds is 8. The van der Waals surface area contributed by atoms with E-state index in [1.807, 2.05) is 31.2 Å². The zero-order valence-electron chi connectivity index (χ0n) is 17.5. The van der Waals surface area contributed by atoms with Crippen molar-refractivity contribution in [2.24, 2.45) is 0 Å². The number of amides is 1. The van der Waals surface area contributed by atoms with Crippen molar-refractivity contribution >= 4 is 21.6 Å². The van der Waals surface area contributed by atoms with Crippen LogP contribution in [0.25, 0.3) is 0 Å². The second-order valence-electron chi connectivity index (χ2n) is 6.83. The van der Waals surface area contributed by atoms with Crippen LogP contribution in [0.5, 0.6) is 11.5 Å². The average molecular weight is 441 g/mol. The van der Waals surface area contributed by atoms with Gasteiger partial charge in [0.05, 0.1) is 25.2 Å². The third kappa shape index (κ3) is 5.55. The maximum atomic E-state index is 12.7. The molecule has 0 aliphatic rings. The molecule has 31 heavy (non-hydrogen) atoms. The van der Waals surface area contributed by atoms with Crippen molar-refractivity contribution in [2.75, 3.05) is 18.9 Å². The van der Waals surface area contributed by atoms with Crippen LogP contribution in [0.15, 0.2) is 77.7 Å². The molecule has 3 aromatic rings. The van der Waals surface area contributed by atoms with E-state index in [-0.39, 0.29) is 16.8 Å². The Morgan fingerprint density at radius 1 is 0.871 bits per heavy atom. The van der Waals surface area contributed by atoms with E-state index < -0.39 is 10.0 Å². The molecule has 1 atom stereocenters. The quantitative estimate of drug-likeness (QED) is 0.552. The highest BCUT2D eigenvalue weighted by molar-refractivity contribution is 7.92. The van der Waals surface area contributed by atoms with E-state index in [1.54, 1.807) is 37.4 Å². The molecule has 0 saturated carbocycles. The van der Waals surface area contributed by atoms with Crippen LogP contribution in [0.3, 0.4) is 0 Å². The SMILES string of the molecule is COc1ccc(C(C)NC(=O)c2cccc(NS(=O)(=O)c3ccc(OC)cc3)c2)cc1. The predicted molar refractivity (Wildman–Crippen MR) is 119 cm³/mol. The number of carbonyl (C=O) groups is 1. The molecule has 0 bridgehead atoms. The molecule has 0 saturated heterocycles. The Labute approximate surface area is 182 Å². The Morgan fingerprint density at radius 2 is 1.45 bits per heavy atom. The molecule has 8 heteroatoms. The molecule has 0 fully saturated rings. The van der Waals surface area contributed by atoms with Crippen LogP contribution < -0.4 is 19.5 Å². The average Bonchev–Trinajstić information content (AvgIpc) is 2.79. The first-order valence-corrected chi connectivity index (χ1v) is 11.0. The van der Waals surface area contributed by atoms with Gasteiger partial charge >= 0.3 is 0 Å². The van der Waals surface area contributed by atoms with Gasteiger partial charge in [-0.15, -0.1) is 0 Å². The Morgan fingerprint density at radius 3 is 2.03 bits per heavy atom. The summed E-state index contributed by atoms with van der Waals surface area (Å²) >= 11 is 0. The number of sulfonamides is 1. The zero-order valence-corrected chi connectivity index (χ0v) is 18.3. The Kier molecular flexibility index (Phi) is 6.81. The number of carbonyl (C=O) groups excluding carboxylic acids is 1. The molecule has 0 aliphatic heterocycles. The molecule has 1 amide bonds. The van der Waals surface area contributed by atoms with E-state index in [1.165, 1.54) is 25.3 Å². The summed E-state index contributed by atoms with van der Waals surface area (Å²) < 4.78 is 38.0. The molecule has 7 nitrogen and oxygen atoms in total. The maximum Gasteiger partial charge on any atom is 0.261 e. The van der Waals surface area contributed by atoms with Crippen LogP contribution in [-0.2, 0) is 10.0 Å². The van der Waals surface area contributed by atoms with Crippen molar-refractivity contribution in [3.63, 3.8) is 0 Å². The van der Waals surface area contributed by atoms with E-state index in [2.05, 4.69) is 10.0 Å². The van der Waals surface area contributed by atoms with Gasteiger partial charge in [-0.05, 0) is 67.1 Å². The highest BCUT2D eigenvalue weighted by atomic mass is 32.2. The largest absolute Gasteiger partial charge is 0.497 e. The van der Waals surface area contributed by atoms with Gasteiger partial charge in [-0.2, -0.15) is 0 Å². The standard InChI is InChI=1S/C23H24N2O5S/c1-16(17-7-9-20(29-2)10-8-17)24-23(26)18-5-4-6-19(15-18)25-31(27,28)22-13-11-21(30-3)12-14-22/h4-16,25H,1-3H3,(H,24,26). The lowest BCUT2D eigenvalue weighted by Gasteiger charge is -2.15. The third-order valence-corrected chi connectivity index (χ3v) is 6.11. The van der Waals surface area contributed by atoms with Gasteiger partial charge in [-0.3, -0.25) is 9.52 Å². The molecule has 3 aromatic carbocycles. The lowest BCUT2D eigenvalue weighted by Crippen LogP contribution is -2.26. The monoisotopic (exact) mass is 440 g/mol. The fourth-order valence-electron chi connectivity index (χ4n) is 2.95. The Bertz CT molecular complexity index is 1140. The normalized spacial score (nSPS) is 12.0. The van der Waals surface area contributed by atoms with Crippen LogP contribution >= 0.6 is 0 Å². The molecule has 0 aromatic heterocycles. The van der Waals surface area contributed by atoms with E-state index in [9.17, 15) is 13.2 Å². The van der Waals surface area contributed by atoms with Gasteiger partial charge in [0.15, 0.2) is 0 Å². The number of nitrogens with one attached hydrogen (secondary N) is 2. The molecule has 0 spiro atoms. The number of hydrogen-bond acceptors (Lipinski definition) is 5. The Balaban J connectivity index is 1.71. The molecule has 2 N–H and O–H groups in total. The molecule has 0 aliphatic carbocycles. The van der Waals surface area contributed by atoms with Crippen LogP contribution in [0.2, 0.25) is 0 Å². The minimum Gasteiger partial charge on any atom is -0.497 e. The third-order valence-electron chi connectivity index (χ3n) is 4.71. The summed E-state index contributed by atoms with van der Waals surface area (Å²) in [4.78, 5) is 12.8. The number of benzene rings is 3. The van der Waals surface area contributed by atoms with Gasteiger partial charge in [0.1, 0.15) is 11.5 Å². The minimum absolute atomic E-state index is 0.0938. The van der Waals surface area contributed by atoms with Crippen molar-refractivity contribution < 1.29 is 22.7 Å². The molecule has 0 heterocycles. The minimum atomic E-state index is -3.80. The van der Waals surface area contributed by atoms with E-state index in [4.69, 9.17) is 9.47 Å². The van der Waals surface area contributed by atoms with Gasteiger partial charge in [-0.25, -0.2) is 8.42 Å². The van der Waals surface area contributed by atoms with Gasteiger partial charge in [0, 0.05) is 11.3 Å². The fourth-order valence-corrected chi connectivity index (χ4v) is 4.00. The maximum absolute atomic E-state index is 12.7. The first kappa shape index (κ1) is 22.2. The van der Waals surface area contributed by atoms with Crippen molar-refractivity contribution in [2.45, 2.75) is 17.9 Å². The topological polar surface area (TPSA) is 93.7 Å². The van der Waals surface area contributed by atoms with E-state index in [0.29, 0.717) is 17.0 Å². The lowest BCUT2D eigenvalue weighted by molar-refractivity contribution is 0.0940. The van der Waals surface area contributed by atoms with E-state index >= 15 is 0 Å². The molecular weight excluding hydrogens is 416 g/mol. The molecule has 1 unspecified atom stereocenters. The van der Waals surface area contributed by atoms with Crippen LogP contribution in [0.1, 0.15) is 28.9 Å². The summed E-state index contributed by atoms with van der Waals surface area (Å²) in [7, 11) is -0.701. The first-order valence-electron chi connectivity index (χ1n) is 9.54. The summed E-state index contributed by atoms with van der Waals surface area (Å²) in [6.45, 7) is 1.87. The number of anilines is 1. The second-order valence-corrected chi connectivity index (χ2v) is 8.51. The molecule has 162 valence electrons. The van der Waals surface area contributed by atoms with Crippen molar-refractivity contribution in [3.8, 4) is 11.5 Å². The Hall–Kier alpha value is -3.52. The van der Waals surface area contributed by atoms with Gasteiger partial charge in [0.2, 0.25) is 0 Å². The van der Waals surface area contributed by atoms with Crippen molar-refractivity contribution in [1.82, 2.24) is 5.32 Å². The second kappa shape index (κ2) is 9.53. The predicted octanol–water partition coefficient (Wildman–Crippen LogP) is 4.00. The molecular formula is C23H24N2O5S.